The van der Waals surface area contributed by atoms with Crippen molar-refractivity contribution >= 4 is 52.0 Å². The van der Waals surface area contributed by atoms with Crippen molar-refractivity contribution in [2.24, 2.45) is 5.41 Å². The van der Waals surface area contributed by atoms with Crippen molar-refractivity contribution in [2.75, 3.05) is 17.3 Å². The van der Waals surface area contributed by atoms with Gasteiger partial charge in [0.1, 0.15) is 17.9 Å². The zero-order valence-electron chi connectivity index (χ0n) is 21.9. The third kappa shape index (κ3) is 5.12. The first kappa shape index (κ1) is 26.9. The fourth-order valence-electron chi connectivity index (χ4n) is 5.14. The lowest BCUT2D eigenvalue weighted by atomic mass is 9.88. The highest BCUT2D eigenvalue weighted by atomic mass is 31.0. The molecule has 0 amide bonds. The minimum Gasteiger partial charge on any atom is -0.354 e. The third-order valence-electron chi connectivity index (χ3n) is 6.99. The second kappa shape index (κ2) is 10.4. The molecule has 0 spiro atoms. The molecule has 3 heterocycles. The second-order valence-corrected chi connectivity index (χ2v) is 11.8. The molecule has 11 heteroatoms. The summed E-state index contributed by atoms with van der Waals surface area (Å²) < 4.78 is 37.2. The third-order valence-corrected chi connectivity index (χ3v) is 8.07. The van der Waals surface area contributed by atoms with Crippen molar-refractivity contribution in [3.63, 3.8) is 0 Å². The number of fused-ring (bicyclic) bond motifs is 1. The van der Waals surface area contributed by atoms with E-state index in [9.17, 15) is 8.78 Å². The van der Waals surface area contributed by atoms with Gasteiger partial charge in [-0.1, -0.05) is 38.1 Å². The molecule has 0 bridgehead atoms. The van der Waals surface area contributed by atoms with Crippen molar-refractivity contribution in [3.05, 3.63) is 65.5 Å². The van der Waals surface area contributed by atoms with Gasteiger partial charge in [-0.05, 0) is 41.6 Å². The van der Waals surface area contributed by atoms with Crippen molar-refractivity contribution in [1.82, 2.24) is 19.5 Å². The first-order valence-electron chi connectivity index (χ1n) is 12.5. The van der Waals surface area contributed by atoms with E-state index in [1.54, 1.807) is 18.3 Å². The molecule has 1 aliphatic heterocycles. The maximum absolute atomic E-state index is 14.5. The molecule has 1 fully saturated rings. The summed E-state index contributed by atoms with van der Waals surface area (Å²) in [5.74, 6) is -0.359. The van der Waals surface area contributed by atoms with Gasteiger partial charge in [0.05, 0.1) is 12.4 Å². The van der Waals surface area contributed by atoms with E-state index in [0.29, 0.717) is 29.5 Å². The standard InChI is InChI=1S/C27H32F2N6OP2/c1-15-11-27(2,3)25(36-15)35-14-31-22-23(34(4)13-17-18(28)7-5-8-19(17)29)32-26(33-24(22)35)30-12-16-20(37)9-6-10-21(16)38/h5-10,14-15,25H,11-13,37-38H2,1-4H3,(H,30,32,33)/t15-,25-/m1/s1. The molecule has 2 aromatic heterocycles. The summed E-state index contributed by atoms with van der Waals surface area (Å²) >= 11 is 0. The molecule has 0 aliphatic carbocycles. The molecule has 1 saturated heterocycles. The quantitative estimate of drug-likeness (QED) is 0.334. The van der Waals surface area contributed by atoms with Crippen LogP contribution in [0.15, 0.2) is 42.7 Å². The molecule has 2 aromatic carbocycles. The molecular formula is C27H32F2N6OP2. The number of halogens is 2. The average molecular weight is 557 g/mol. The fraction of sp³-hybridized carbons (Fsp3) is 0.370. The van der Waals surface area contributed by atoms with Gasteiger partial charge in [-0.25, -0.2) is 13.8 Å². The number of hydrogen-bond acceptors (Lipinski definition) is 6. The zero-order valence-corrected chi connectivity index (χ0v) is 24.2. The van der Waals surface area contributed by atoms with Crippen LogP contribution in [-0.2, 0) is 17.8 Å². The number of anilines is 2. The fourth-order valence-corrected chi connectivity index (χ4v) is 6.07. The van der Waals surface area contributed by atoms with Crippen molar-refractivity contribution in [3.8, 4) is 0 Å². The van der Waals surface area contributed by atoms with Crippen molar-refractivity contribution < 1.29 is 13.5 Å². The van der Waals surface area contributed by atoms with Gasteiger partial charge in [-0.3, -0.25) is 4.57 Å². The van der Waals surface area contributed by atoms with Crippen molar-refractivity contribution in [2.45, 2.75) is 52.6 Å². The topological polar surface area (TPSA) is 68.1 Å². The molecular weight excluding hydrogens is 524 g/mol. The highest BCUT2D eigenvalue weighted by Crippen LogP contribution is 2.45. The van der Waals surface area contributed by atoms with Gasteiger partial charge >= 0.3 is 0 Å². The number of nitrogens with one attached hydrogen (secondary N) is 1. The molecule has 200 valence electrons. The van der Waals surface area contributed by atoms with Gasteiger partial charge in [0.15, 0.2) is 17.0 Å². The van der Waals surface area contributed by atoms with Crippen LogP contribution in [0.2, 0.25) is 0 Å². The molecule has 4 aromatic rings. The van der Waals surface area contributed by atoms with E-state index >= 15 is 0 Å². The van der Waals surface area contributed by atoms with Gasteiger partial charge in [0, 0.05) is 31.1 Å². The lowest BCUT2D eigenvalue weighted by Gasteiger charge is -2.26. The molecule has 2 unspecified atom stereocenters. The Balaban J connectivity index is 1.58. The van der Waals surface area contributed by atoms with Crippen LogP contribution >= 0.6 is 18.5 Å². The van der Waals surface area contributed by atoms with Crippen LogP contribution < -0.4 is 20.8 Å². The number of ether oxygens (including phenoxy) is 1. The molecule has 5 rings (SSSR count). The Kier molecular flexibility index (Phi) is 7.38. The van der Waals surface area contributed by atoms with Gasteiger partial charge in [-0.15, -0.1) is 18.5 Å². The van der Waals surface area contributed by atoms with Crippen LogP contribution in [0.1, 0.15) is 44.5 Å². The first-order chi connectivity index (χ1) is 18.0. The number of hydrogen-bond donors (Lipinski definition) is 1. The molecule has 7 nitrogen and oxygen atoms in total. The largest absolute Gasteiger partial charge is 0.354 e. The Labute approximate surface area is 225 Å². The number of imidazole rings is 1. The van der Waals surface area contributed by atoms with Crippen LogP contribution in [0.25, 0.3) is 11.2 Å². The average Bonchev–Trinajstić information content (AvgIpc) is 3.39. The highest BCUT2D eigenvalue weighted by Gasteiger charge is 2.42. The SMILES string of the molecule is C[C@@H]1CC(C)(C)[C@H](n2cnc3c(N(C)Cc4c(F)cccc4F)nc(NCc4c(P)cccc4P)nc32)O1. The maximum Gasteiger partial charge on any atom is 0.227 e. The van der Waals surface area contributed by atoms with Crippen LogP contribution in [0, 0.1) is 17.0 Å². The molecule has 0 saturated carbocycles. The van der Waals surface area contributed by atoms with E-state index in [1.807, 2.05) is 22.8 Å². The van der Waals surface area contributed by atoms with Crippen LogP contribution in [0.5, 0.6) is 0 Å². The minimum atomic E-state index is -0.605. The molecule has 1 aliphatic rings. The smallest absolute Gasteiger partial charge is 0.227 e. The van der Waals surface area contributed by atoms with E-state index < -0.39 is 11.6 Å². The van der Waals surface area contributed by atoms with Crippen molar-refractivity contribution in [1.29, 1.82) is 0 Å². The number of rotatable bonds is 7. The minimum absolute atomic E-state index is 0.0242. The molecule has 0 radical (unpaired) electrons. The summed E-state index contributed by atoms with van der Waals surface area (Å²) in [5, 5.41) is 5.48. The second-order valence-electron chi connectivity index (χ2n) is 10.5. The van der Waals surface area contributed by atoms with Gasteiger partial charge in [0.25, 0.3) is 0 Å². The highest BCUT2D eigenvalue weighted by molar-refractivity contribution is 7.29. The zero-order chi connectivity index (χ0) is 27.2. The van der Waals surface area contributed by atoms with Gasteiger partial charge in [-0.2, -0.15) is 9.97 Å². The summed E-state index contributed by atoms with van der Waals surface area (Å²) in [7, 11) is 7.25. The summed E-state index contributed by atoms with van der Waals surface area (Å²) in [6.45, 7) is 6.86. The Hall–Kier alpha value is -2.73. The first-order valence-corrected chi connectivity index (χ1v) is 13.6. The van der Waals surface area contributed by atoms with E-state index in [4.69, 9.17) is 14.7 Å². The van der Waals surface area contributed by atoms with E-state index in [1.165, 1.54) is 18.2 Å². The van der Waals surface area contributed by atoms with E-state index in [-0.39, 0.29) is 29.9 Å². The maximum atomic E-state index is 14.5. The van der Waals surface area contributed by atoms with Crippen LogP contribution in [0.3, 0.4) is 0 Å². The van der Waals surface area contributed by atoms with Crippen LogP contribution in [-0.4, -0.2) is 32.7 Å². The molecule has 38 heavy (non-hydrogen) atoms. The number of aromatic nitrogens is 4. The van der Waals surface area contributed by atoms with E-state index in [2.05, 4.69) is 49.6 Å². The Morgan fingerprint density at radius 2 is 1.74 bits per heavy atom. The Morgan fingerprint density at radius 1 is 1.08 bits per heavy atom. The predicted octanol–water partition coefficient (Wildman–Crippen LogP) is 4.69. The summed E-state index contributed by atoms with van der Waals surface area (Å²) in [6, 6.07) is 9.91. The Bertz CT molecular complexity index is 1450. The monoisotopic (exact) mass is 556 g/mol. The number of nitrogens with zero attached hydrogens (tertiary/aromatic N) is 5. The normalized spacial score (nSPS) is 18.7. The van der Waals surface area contributed by atoms with E-state index in [0.717, 1.165) is 22.6 Å². The lowest BCUT2D eigenvalue weighted by molar-refractivity contribution is -0.0224. The lowest BCUT2D eigenvalue weighted by Crippen LogP contribution is -2.24. The van der Waals surface area contributed by atoms with Gasteiger partial charge < -0.3 is 15.0 Å². The summed E-state index contributed by atoms with van der Waals surface area (Å²) in [6.07, 6.45) is 2.44. The Morgan fingerprint density at radius 3 is 2.37 bits per heavy atom. The molecule has 1 N–H and O–H groups in total. The number of benzene rings is 2. The predicted molar refractivity (Wildman–Crippen MR) is 154 cm³/mol. The van der Waals surface area contributed by atoms with Gasteiger partial charge in [0.2, 0.25) is 5.95 Å². The summed E-state index contributed by atoms with van der Waals surface area (Å²) in [5.41, 5.74) is 2.05. The summed E-state index contributed by atoms with van der Waals surface area (Å²) in [4.78, 5) is 15.9. The molecule has 4 atom stereocenters. The van der Waals surface area contributed by atoms with Crippen LogP contribution in [0.4, 0.5) is 20.5 Å².